The zero-order valence-electron chi connectivity index (χ0n) is 15.8. The predicted molar refractivity (Wildman–Crippen MR) is 104 cm³/mol. The van der Waals surface area contributed by atoms with Crippen molar-refractivity contribution in [3.63, 3.8) is 0 Å². The molecule has 1 heterocycles. The Bertz CT molecular complexity index is 816. The van der Waals surface area contributed by atoms with Crippen molar-refractivity contribution in [1.82, 2.24) is 15.2 Å². The van der Waals surface area contributed by atoms with Crippen molar-refractivity contribution in [2.75, 3.05) is 32.5 Å². The van der Waals surface area contributed by atoms with Crippen LogP contribution in [0.15, 0.2) is 42.5 Å². The van der Waals surface area contributed by atoms with Crippen molar-refractivity contribution >= 4 is 23.3 Å². The first-order valence-corrected chi connectivity index (χ1v) is 8.69. The topological polar surface area (TPSA) is 91.4 Å². The van der Waals surface area contributed by atoms with Gasteiger partial charge in [-0.1, -0.05) is 6.07 Å². The molecule has 7 heteroatoms. The molecule has 0 saturated heterocycles. The Kier molecular flexibility index (Phi) is 7.19. The Hall–Kier alpha value is -3.06. The lowest BCUT2D eigenvalue weighted by atomic mass is 10.1. The molecule has 1 aromatic carbocycles. The van der Waals surface area contributed by atoms with E-state index in [1.165, 1.54) is 6.92 Å². The van der Waals surface area contributed by atoms with Gasteiger partial charge < -0.3 is 15.5 Å². The lowest BCUT2D eigenvalue weighted by Gasteiger charge is -2.10. The van der Waals surface area contributed by atoms with E-state index < -0.39 is 5.91 Å². The number of ketones is 1. The van der Waals surface area contributed by atoms with Gasteiger partial charge in [0, 0.05) is 17.8 Å². The average Bonchev–Trinajstić information content (AvgIpc) is 2.65. The third-order valence-corrected chi connectivity index (χ3v) is 3.83. The molecular formula is C20H24N4O3. The van der Waals surface area contributed by atoms with E-state index in [0.29, 0.717) is 17.8 Å². The first-order valence-electron chi connectivity index (χ1n) is 8.69. The van der Waals surface area contributed by atoms with Gasteiger partial charge in [-0.3, -0.25) is 14.4 Å². The molecule has 0 spiro atoms. The van der Waals surface area contributed by atoms with E-state index in [0.717, 1.165) is 13.0 Å². The van der Waals surface area contributed by atoms with E-state index >= 15 is 0 Å². The quantitative estimate of drug-likeness (QED) is 0.551. The standard InChI is InChI=1S/C20H24N4O3/c1-14(25)15-8-10-16(11-9-15)22-20(27)18-7-4-6-17(23-18)19(26)21-12-5-13-24(2)3/h4,6-11H,5,12-13H2,1-3H3,(H,21,26)(H,22,27). The van der Waals surface area contributed by atoms with Crippen LogP contribution in [-0.4, -0.2) is 54.7 Å². The fourth-order valence-corrected chi connectivity index (χ4v) is 2.36. The van der Waals surface area contributed by atoms with Gasteiger partial charge in [0.25, 0.3) is 11.8 Å². The normalized spacial score (nSPS) is 10.5. The van der Waals surface area contributed by atoms with Crippen LogP contribution in [-0.2, 0) is 0 Å². The van der Waals surface area contributed by atoms with Crippen LogP contribution in [0.3, 0.4) is 0 Å². The number of carbonyl (C=O) groups excluding carboxylic acids is 3. The molecule has 0 radical (unpaired) electrons. The minimum atomic E-state index is -0.423. The first kappa shape index (κ1) is 20.3. The second-order valence-electron chi connectivity index (χ2n) is 6.41. The second kappa shape index (κ2) is 9.59. The predicted octanol–water partition coefficient (Wildman–Crippen LogP) is 2.22. The van der Waals surface area contributed by atoms with Crippen molar-refractivity contribution in [2.24, 2.45) is 0 Å². The van der Waals surface area contributed by atoms with Crippen molar-refractivity contribution in [2.45, 2.75) is 13.3 Å². The number of amides is 2. The maximum Gasteiger partial charge on any atom is 0.274 e. The van der Waals surface area contributed by atoms with Crippen molar-refractivity contribution in [1.29, 1.82) is 0 Å². The van der Waals surface area contributed by atoms with Crippen LogP contribution in [0.2, 0.25) is 0 Å². The van der Waals surface area contributed by atoms with Crippen LogP contribution in [0.5, 0.6) is 0 Å². The molecule has 0 aliphatic rings. The number of Topliss-reactive ketones (excluding diaryl/α,β-unsaturated/α-hetero) is 1. The summed E-state index contributed by atoms with van der Waals surface area (Å²) >= 11 is 0. The Morgan fingerprint density at radius 2 is 1.59 bits per heavy atom. The summed E-state index contributed by atoms with van der Waals surface area (Å²) in [6.45, 7) is 2.89. The van der Waals surface area contributed by atoms with Crippen molar-refractivity contribution in [3.05, 3.63) is 59.4 Å². The monoisotopic (exact) mass is 368 g/mol. The molecule has 2 N–H and O–H groups in total. The van der Waals surface area contributed by atoms with Crippen LogP contribution in [0.4, 0.5) is 5.69 Å². The highest BCUT2D eigenvalue weighted by molar-refractivity contribution is 6.04. The summed E-state index contributed by atoms with van der Waals surface area (Å²) in [5, 5.41) is 5.50. The Labute approximate surface area is 158 Å². The SMILES string of the molecule is CC(=O)c1ccc(NC(=O)c2cccc(C(=O)NCCCN(C)C)n2)cc1. The fourth-order valence-electron chi connectivity index (χ4n) is 2.36. The van der Waals surface area contributed by atoms with Crippen LogP contribution < -0.4 is 10.6 Å². The van der Waals surface area contributed by atoms with Gasteiger partial charge in [-0.05, 0) is 70.4 Å². The molecule has 0 atom stereocenters. The number of anilines is 1. The maximum absolute atomic E-state index is 12.4. The molecule has 0 fully saturated rings. The number of nitrogens with zero attached hydrogens (tertiary/aromatic N) is 2. The summed E-state index contributed by atoms with van der Waals surface area (Å²) in [6, 6.07) is 11.3. The largest absolute Gasteiger partial charge is 0.351 e. The number of aromatic nitrogens is 1. The molecule has 2 aromatic rings. The van der Waals surface area contributed by atoms with Gasteiger partial charge in [0.2, 0.25) is 0 Å². The summed E-state index contributed by atoms with van der Waals surface area (Å²) in [5.41, 5.74) is 1.45. The molecular weight excluding hydrogens is 344 g/mol. The van der Waals surface area contributed by atoms with E-state index in [1.807, 2.05) is 19.0 Å². The van der Waals surface area contributed by atoms with Gasteiger partial charge >= 0.3 is 0 Å². The van der Waals surface area contributed by atoms with Gasteiger partial charge in [0.05, 0.1) is 0 Å². The number of pyridine rings is 1. The summed E-state index contributed by atoms with van der Waals surface area (Å²) in [4.78, 5) is 42.0. The van der Waals surface area contributed by atoms with Gasteiger partial charge in [-0.15, -0.1) is 0 Å². The number of rotatable bonds is 8. The van der Waals surface area contributed by atoms with Crippen LogP contribution in [0, 0.1) is 0 Å². The van der Waals surface area contributed by atoms with E-state index in [-0.39, 0.29) is 23.1 Å². The summed E-state index contributed by atoms with van der Waals surface area (Å²) < 4.78 is 0. The molecule has 142 valence electrons. The highest BCUT2D eigenvalue weighted by atomic mass is 16.2. The minimum Gasteiger partial charge on any atom is -0.351 e. The molecule has 27 heavy (non-hydrogen) atoms. The molecule has 0 aliphatic heterocycles. The summed E-state index contributed by atoms with van der Waals surface area (Å²) in [6.07, 6.45) is 0.829. The van der Waals surface area contributed by atoms with Crippen LogP contribution in [0.25, 0.3) is 0 Å². The van der Waals surface area contributed by atoms with Crippen LogP contribution >= 0.6 is 0 Å². The van der Waals surface area contributed by atoms with E-state index in [9.17, 15) is 14.4 Å². The van der Waals surface area contributed by atoms with Gasteiger partial charge in [-0.25, -0.2) is 4.98 Å². The van der Waals surface area contributed by atoms with Crippen molar-refractivity contribution < 1.29 is 14.4 Å². The molecule has 2 amide bonds. The fraction of sp³-hybridized carbons (Fsp3) is 0.300. The molecule has 0 bridgehead atoms. The lowest BCUT2D eigenvalue weighted by molar-refractivity contribution is 0.0946. The molecule has 1 aromatic heterocycles. The third-order valence-electron chi connectivity index (χ3n) is 3.83. The Morgan fingerprint density at radius 1 is 0.963 bits per heavy atom. The molecule has 0 saturated carbocycles. The molecule has 2 rings (SSSR count). The summed E-state index contributed by atoms with van der Waals surface area (Å²) in [5.74, 6) is -0.777. The molecule has 0 aliphatic carbocycles. The van der Waals surface area contributed by atoms with Gasteiger partial charge in [0.15, 0.2) is 5.78 Å². The highest BCUT2D eigenvalue weighted by Crippen LogP contribution is 2.11. The first-order chi connectivity index (χ1) is 12.9. The third kappa shape index (κ3) is 6.31. The number of nitrogens with one attached hydrogen (secondary N) is 2. The van der Waals surface area contributed by atoms with E-state index in [2.05, 4.69) is 15.6 Å². The van der Waals surface area contributed by atoms with Gasteiger partial charge in [0.1, 0.15) is 11.4 Å². The Morgan fingerprint density at radius 3 is 2.19 bits per heavy atom. The van der Waals surface area contributed by atoms with E-state index in [1.54, 1.807) is 42.5 Å². The molecule has 7 nitrogen and oxygen atoms in total. The smallest absolute Gasteiger partial charge is 0.274 e. The number of benzene rings is 1. The van der Waals surface area contributed by atoms with Crippen molar-refractivity contribution in [3.8, 4) is 0 Å². The maximum atomic E-state index is 12.4. The van der Waals surface area contributed by atoms with Crippen LogP contribution in [0.1, 0.15) is 44.7 Å². The minimum absolute atomic E-state index is 0.0427. The number of hydrogen-bond donors (Lipinski definition) is 2. The lowest BCUT2D eigenvalue weighted by Crippen LogP contribution is -2.28. The molecule has 0 unspecified atom stereocenters. The zero-order valence-corrected chi connectivity index (χ0v) is 15.8. The highest BCUT2D eigenvalue weighted by Gasteiger charge is 2.12. The average molecular weight is 368 g/mol. The summed E-state index contributed by atoms with van der Waals surface area (Å²) in [7, 11) is 3.94. The van der Waals surface area contributed by atoms with Gasteiger partial charge in [-0.2, -0.15) is 0 Å². The second-order valence-corrected chi connectivity index (χ2v) is 6.41. The number of carbonyl (C=O) groups is 3. The number of hydrogen-bond acceptors (Lipinski definition) is 5. The Balaban J connectivity index is 1.98. The van der Waals surface area contributed by atoms with E-state index in [4.69, 9.17) is 0 Å². The zero-order chi connectivity index (χ0) is 19.8.